The van der Waals surface area contributed by atoms with Crippen LogP contribution >= 0.6 is 27.7 Å². The molecule has 1 N–H and O–H groups in total. The van der Waals surface area contributed by atoms with Crippen LogP contribution in [0.2, 0.25) is 0 Å². The SMILES string of the molecule is O=C1CSc2ccc(C(=O)OCc3ccc(Br)cc3)cc2N1. The van der Waals surface area contributed by atoms with E-state index in [0.29, 0.717) is 17.0 Å². The van der Waals surface area contributed by atoms with Gasteiger partial charge in [0.25, 0.3) is 0 Å². The molecule has 0 radical (unpaired) electrons. The summed E-state index contributed by atoms with van der Waals surface area (Å²) in [6.07, 6.45) is 0. The van der Waals surface area contributed by atoms with Crippen molar-refractivity contribution in [2.24, 2.45) is 0 Å². The number of ether oxygens (including phenoxy) is 1. The van der Waals surface area contributed by atoms with Crippen molar-refractivity contribution in [1.29, 1.82) is 0 Å². The van der Waals surface area contributed by atoms with Crippen LogP contribution in [0, 0.1) is 0 Å². The molecular formula is C16H12BrNO3S. The third kappa shape index (κ3) is 3.51. The fraction of sp³-hybridized carbons (Fsp3) is 0.125. The summed E-state index contributed by atoms with van der Waals surface area (Å²) in [6.45, 7) is 0.213. The number of hydrogen-bond acceptors (Lipinski definition) is 4. The van der Waals surface area contributed by atoms with Crippen LogP contribution in [-0.4, -0.2) is 17.6 Å². The number of rotatable bonds is 3. The lowest BCUT2D eigenvalue weighted by Gasteiger charge is -2.16. The first-order valence-electron chi connectivity index (χ1n) is 6.60. The quantitative estimate of drug-likeness (QED) is 0.825. The van der Waals surface area contributed by atoms with Gasteiger partial charge in [0.2, 0.25) is 5.91 Å². The molecule has 1 amide bonds. The number of esters is 1. The van der Waals surface area contributed by atoms with Gasteiger partial charge in [-0.15, -0.1) is 11.8 Å². The number of nitrogens with one attached hydrogen (secondary N) is 1. The molecule has 0 bridgehead atoms. The largest absolute Gasteiger partial charge is 0.457 e. The van der Waals surface area contributed by atoms with Crippen LogP contribution in [0.4, 0.5) is 5.69 Å². The van der Waals surface area contributed by atoms with Gasteiger partial charge in [-0.25, -0.2) is 4.79 Å². The summed E-state index contributed by atoms with van der Waals surface area (Å²) >= 11 is 4.82. The summed E-state index contributed by atoms with van der Waals surface area (Å²) < 4.78 is 6.28. The Labute approximate surface area is 140 Å². The minimum Gasteiger partial charge on any atom is -0.457 e. The Morgan fingerprint density at radius 3 is 2.77 bits per heavy atom. The molecule has 0 saturated carbocycles. The lowest BCUT2D eigenvalue weighted by molar-refractivity contribution is -0.113. The maximum Gasteiger partial charge on any atom is 0.338 e. The summed E-state index contributed by atoms with van der Waals surface area (Å²) in [4.78, 5) is 24.5. The first kappa shape index (κ1) is 15.1. The van der Waals surface area contributed by atoms with Crippen molar-refractivity contribution >= 4 is 45.3 Å². The van der Waals surface area contributed by atoms with Crippen molar-refractivity contribution in [2.75, 3.05) is 11.1 Å². The van der Waals surface area contributed by atoms with Crippen LogP contribution in [0.5, 0.6) is 0 Å². The van der Waals surface area contributed by atoms with E-state index in [-0.39, 0.29) is 12.5 Å². The molecular weight excluding hydrogens is 366 g/mol. The molecule has 2 aromatic carbocycles. The lowest BCUT2D eigenvalue weighted by Crippen LogP contribution is -2.19. The third-order valence-corrected chi connectivity index (χ3v) is 4.73. The molecule has 0 fully saturated rings. The van der Waals surface area contributed by atoms with E-state index < -0.39 is 5.97 Å². The van der Waals surface area contributed by atoms with Crippen molar-refractivity contribution in [2.45, 2.75) is 11.5 Å². The zero-order chi connectivity index (χ0) is 15.5. The van der Waals surface area contributed by atoms with E-state index >= 15 is 0 Å². The molecule has 3 rings (SSSR count). The summed E-state index contributed by atoms with van der Waals surface area (Å²) in [5, 5.41) is 2.76. The molecule has 1 aliphatic rings. The van der Waals surface area contributed by atoms with Gasteiger partial charge in [-0.05, 0) is 35.9 Å². The Hall–Kier alpha value is -1.79. The molecule has 0 aromatic heterocycles. The number of halogens is 1. The zero-order valence-electron chi connectivity index (χ0n) is 11.5. The number of carbonyl (C=O) groups excluding carboxylic acids is 2. The highest BCUT2D eigenvalue weighted by Gasteiger charge is 2.17. The molecule has 4 nitrogen and oxygen atoms in total. The Balaban J connectivity index is 1.68. The molecule has 6 heteroatoms. The average Bonchev–Trinajstić information content (AvgIpc) is 2.53. The third-order valence-electron chi connectivity index (χ3n) is 3.13. The van der Waals surface area contributed by atoms with Crippen LogP contribution in [0.1, 0.15) is 15.9 Å². The second-order valence-corrected chi connectivity index (χ2v) is 6.68. The molecule has 0 unspecified atom stereocenters. The summed E-state index contributed by atoms with van der Waals surface area (Å²) in [5.41, 5.74) is 2.01. The zero-order valence-corrected chi connectivity index (χ0v) is 13.9. The maximum atomic E-state index is 12.1. The van der Waals surface area contributed by atoms with Crippen molar-refractivity contribution in [3.8, 4) is 0 Å². The predicted molar refractivity (Wildman–Crippen MR) is 89.1 cm³/mol. The van der Waals surface area contributed by atoms with Gasteiger partial charge >= 0.3 is 5.97 Å². The number of carbonyl (C=O) groups is 2. The van der Waals surface area contributed by atoms with Crippen LogP contribution in [-0.2, 0) is 16.1 Å². The standard InChI is InChI=1S/C16H12BrNO3S/c17-12-4-1-10(2-5-12)8-21-16(20)11-3-6-14-13(7-11)18-15(19)9-22-14/h1-7H,8-9H2,(H,18,19). The number of thioether (sulfide) groups is 1. The van der Waals surface area contributed by atoms with E-state index in [4.69, 9.17) is 4.74 Å². The molecule has 0 saturated heterocycles. The second-order valence-electron chi connectivity index (χ2n) is 4.75. The summed E-state index contributed by atoms with van der Waals surface area (Å²) in [6, 6.07) is 12.8. The molecule has 0 atom stereocenters. The van der Waals surface area contributed by atoms with Gasteiger partial charge in [0, 0.05) is 9.37 Å². The average molecular weight is 378 g/mol. The van der Waals surface area contributed by atoms with Gasteiger partial charge < -0.3 is 10.1 Å². The minimum absolute atomic E-state index is 0.0575. The number of anilines is 1. The van der Waals surface area contributed by atoms with Gasteiger partial charge in [-0.3, -0.25) is 4.79 Å². The number of fused-ring (bicyclic) bond motifs is 1. The Bertz CT molecular complexity index is 731. The van der Waals surface area contributed by atoms with Crippen molar-refractivity contribution < 1.29 is 14.3 Å². The van der Waals surface area contributed by atoms with Crippen molar-refractivity contribution in [1.82, 2.24) is 0 Å². The molecule has 0 spiro atoms. The molecule has 22 heavy (non-hydrogen) atoms. The van der Waals surface area contributed by atoms with Gasteiger partial charge in [0.1, 0.15) is 6.61 Å². The van der Waals surface area contributed by atoms with E-state index in [0.717, 1.165) is 14.9 Å². The highest BCUT2D eigenvalue weighted by Crippen LogP contribution is 2.32. The highest BCUT2D eigenvalue weighted by molar-refractivity contribution is 9.10. The number of hydrogen-bond donors (Lipinski definition) is 1. The van der Waals surface area contributed by atoms with Crippen molar-refractivity contribution in [3.05, 3.63) is 58.1 Å². The lowest BCUT2D eigenvalue weighted by atomic mass is 10.2. The topological polar surface area (TPSA) is 55.4 Å². The van der Waals surface area contributed by atoms with Gasteiger partial charge in [-0.1, -0.05) is 28.1 Å². The first-order chi connectivity index (χ1) is 10.6. The normalized spacial score (nSPS) is 13.2. The van der Waals surface area contributed by atoms with E-state index in [9.17, 15) is 9.59 Å². The smallest absolute Gasteiger partial charge is 0.338 e. The van der Waals surface area contributed by atoms with E-state index in [1.54, 1.807) is 12.1 Å². The Morgan fingerprint density at radius 2 is 2.00 bits per heavy atom. The number of amides is 1. The fourth-order valence-electron chi connectivity index (χ4n) is 2.02. The molecule has 1 aliphatic heterocycles. The second kappa shape index (κ2) is 6.54. The number of benzene rings is 2. The molecule has 0 aliphatic carbocycles. The van der Waals surface area contributed by atoms with Crippen LogP contribution in [0.15, 0.2) is 51.8 Å². The van der Waals surface area contributed by atoms with Crippen LogP contribution in [0.3, 0.4) is 0 Å². The monoisotopic (exact) mass is 377 g/mol. The highest BCUT2D eigenvalue weighted by atomic mass is 79.9. The fourth-order valence-corrected chi connectivity index (χ4v) is 3.08. The maximum absolute atomic E-state index is 12.1. The summed E-state index contributed by atoms with van der Waals surface area (Å²) in [7, 11) is 0. The molecule has 112 valence electrons. The Morgan fingerprint density at radius 1 is 1.23 bits per heavy atom. The van der Waals surface area contributed by atoms with E-state index in [1.165, 1.54) is 11.8 Å². The van der Waals surface area contributed by atoms with Gasteiger partial charge in [-0.2, -0.15) is 0 Å². The van der Waals surface area contributed by atoms with Crippen LogP contribution < -0.4 is 5.32 Å². The van der Waals surface area contributed by atoms with Gasteiger partial charge in [0.15, 0.2) is 0 Å². The Kier molecular flexibility index (Phi) is 4.49. The molecule has 1 heterocycles. The molecule has 2 aromatic rings. The minimum atomic E-state index is -0.407. The van der Waals surface area contributed by atoms with Crippen LogP contribution in [0.25, 0.3) is 0 Å². The summed E-state index contributed by atoms with van der Waals surface area (Å²) in [5.74, 6) is -0.0613. The van der Waals surface area contributed by atoms with Gasteiger partial charge in [0.05, 0.1) is 17.0 Å². The van der Waals surface area contributed by atoms with E-state index in [1.807, 2.05) is 30.3 Å². The van der Waals surface area contributed by atoms with E-state index in [2.05, 4.69) is 21.2 Å². The van der Waals surface area contributed by atoms with Crippen molar-refractivity contribution in [3.63, 3.8) is 0 Å². The predicted octanol–water partition coefficient (Wildman–Crippen LogP) is 3.85. The first-order valence-corrected chi connectivity index (χ1v) is 8.38.